The lowest BCUT2D eigenvalue weighted by atomic mass is 9.96. The van der Waals surface area contributed by atoms with Crippen LogP contribution in [0.1, 0.15) is 45.4 Å². The van der Waals surface area contributed by atoms with Crippen LogP contribution in [0.3, 0.4) is 0 Å². The fraction of sp³-hybridized carbons (Fsp3) is 0.409. The number of aromatic amines is 1. The molecule has 0 bridgehead atoms. The van der Waals surface area contributed by atoms with Crippen LogP contribution in [0.25, 0.3) is 10.2 Å². The summed E-state index contributed by atoms with van der Waals surface area (Å²) in [6.45, 7) is 6.19. The van der Waals surface area contributed by atoms with E-state index in [0.717, 1.165) is 28.1 Å². The number of piperidine rings is 1. The molecule has 3 aromatic rings. The molecule has 2 aromatic heterocycles. The number of carbonyl (C=O) groups excluding carboxylic acids is 1. The van der Waals surface area contributed by atoms with Gasteiger partial charge in [-0.1, -0.05) is 0 Å². The van der Waals surface area contributed by atoms with Crippen LogP contribution in [-0.2, 0) is 0 Å². The number of aryl methyl sites for hydroxylation is 2. The van der Waals surface area contributed by atoms with E-state index in [1.807, 2.05) is 18.7 Å². The Morgan fingerprint density at radius 2 is 2.03 bits per heavy atom. The highest BCUT2D eigenvalue weighted by atomic mass is 32.1. The number of likely N-dealkylation sites (tertiary alicyclic amines) is 1. The second-order valence-corrected chi connectivity index (χ2v) is 9.07. The monoisotopic (exact) mass is 425 g/mol. The smallest absolute Gasteiger partial charge is 0.259 e. The molecule has 0 radical (unpaired) electrons. The van der Waals surface area contributed by atoms with Crippen molar-refractivity contribution in [3.8, 4) is 11.5 Å². The van der Waals surface area contributed by atoms with Crippen LogP contribution in [0.4, 0.5) is 0 Å². The van der Waals surface area contributed by atoms with Gasteiger partial charge in [-0.2, -0.15) is 0 Å². The summed E-state index contributed by atoms with van der Waals surface area (Å²) in [5, 5.41) is 0.682. The Bertz CT molecular complexity index is 1200. The van der Waals surface area contributed by atoms with Gasteiger partial charge in [-0.15, -0.1) is 11.3 Å². The van der Waals surface area contributed by atoms with Crippen molar-refractivity contribution < 1.29 is 14.3 Å². The van der Waals surface area contributed by atoms with E-state index in [1.54, 1.807) is 29.5 Å². The number of benzene rings is 1. The fourth-order valence-electron chi connectivity index (χ4n) is 4.21. The fourth-order valence-corrected chi connectivity index (χ4v) is 5.25. The van der Waals surface area contributed by atoms with E-state index in [9.17, 15) is 9.59 Å². The van der Waals surface area contributed by atoms with E-state index in [-0.39, 0.29) is 17.4 Å². The highest BCUT2D eigenvalue weighted by Crippen LogP contribution is 2.33. The maximum Gasteiger partial charge on any atom is 0.259 e. The van der Waals surface area contributed by atoms with Gasteiger partial charge >= 0.3 is 0 Å². The van der Waals surface area contributed by atoms with Gasteiger partial charge < -0.3 is 19.4 Å². The Morgan fingerprint density at radius 3 is 2.87 bits per heavy atom. The second kappa shape index (κ2) is 7.43. The molecule has 5 rings (SSSR count). The van der Waals surface area contributed by atoms with Gasteiger partial charge in [0.05, 0.1) is 5.39 Å². The zero-order valence-corrected chi connectivity index (χ0v) is 17.8. The molecule has 4 heterocycles. The Kier molecular flexibility index (Phi) is 4.73. The Morgan fingerprint density at radius 1 is 1.23 bits per heavy atom. The van der Waals surface area contributed by atoms with Crippen LogP contribution >= 0.6 is 11.3 Å². The van der Waals surface area contributed by atoms with E-state index < -0.39 is 0 Å². The van der Waals surface area contributed by atoms with Crippen LogP contribution in [0.5, 0.6) is 11.5 Å². The maximum absolute atomic E-state index is 13.1. The summed E-state index contributed by atoms with van der Waals surface area (Å²) >= 11 is 1.55. The molecule has 2 aliphatic rings. The number of hydrogen-bond acceptors (Lipinski definition) is 6. The normalized spacial score (nSPS) is 18.6. The van der Waals surface area contributed by atoms with Crippen molar-refractivity contribution in [2.24, 2.45) is 0 Å². The summed E-state index contributed by atoms with van der Waals surface area (Å²) in [6, 6.07) is 5.32. The zero-order chi connectivity index (χ0) is 20.8. The summed E-state index contributed by atoms with van der Waals surface area (Å²) in [5.74, 6) is 1.93. The summed E-state index contributed by atoms with van der Waals surface area (Å²) in [7, 11) is 0. The summed E-state index contributed by atoms with van der Waals surface area (Å²) in [5.41, 5.74) is 1.49. The number of nitrogens with zero attached hydrogens (tertiary/aromatic N) is 2. The summed E-state index contributed by atoms with van der Waals surface area (Å²) in [6.07, 6.45) is 1.76. The minimum atomic E-state index is -0.0906. The van der Waals surface area contributed by atoms with Crippen molar-refractivity contribution in [3.63, 3.8) is 0 Å². The van der Waals surface area contributed by atoms with Crippen molar-refractivity contribution in [2.45, 2.75) is 32.6 Å². The van der Waals surface area contributed by atoms with Gasteiger partial charge in [0.25, 0.3) is 11.5 Å². The Balaban J connectivity index is 1.40. The first kappa shape index (κ1) is 19.1. The molecule has 1 unspecified atom stereocenters. The number of H-pyrrole nitrogens is 1. The predicted octanol–water partition coefficient (Wildman–Crippen LogP) is 3.39. The van der Waals surface area contributed by atoms with E-state index in [4.69, 9.17) is 14.5 Å². The van der Waals surface area contributed by atoms with Crippen molar-refractivity contribution in [1.29, 1.82) is 0 Å². The molecule has 30 heavy (non-hydrogen) atoms. The lowest BCUT2D eigenvalue weighted by Gasteiger charge is -2.32. The van der Waals surface area contributed by atoms with Gasteiger partial charge in [-0.05, 0) is 50.5 Å². The van der Waals surface area contributed by atoms with Crippen LogP contribution in [0, 0.1) is 13.8 Å². The predicted molar refractivity (Wildman–Crippen MR) is 115 cm³/mol. The van der Waals surface area contributed by atoms with Gasteiger partial charge in [0.2, 0.25) is 0 Å². The number of hydrogen-bond donors (Lipinski definition) is 1. The molecule has 1 atom stereocenters. The lowest BCUT2D eigenvalue weighted by Crippen LogP contribution is -2.40. The summed E-state index contributed by atoms with van der Waals surface area (Å²) < 4.78 is 11.2. The first-order valence-corrected chi connectivity index (χ1v) is 11.0. The number of rotatable bonds is 2. The lowest BCUT2D eigenvalue weighted by molar-refractivity contribution is 0.0703. The molecule has 0 spiro atoms. The van der Waals surface area contributed by atoms with Crippen LogP contribution in [0.2, 0.25) is 0 Å². The highest BCUT2D eigenvalue weighted by Gasteiger charge is 2.28. The molecule has 1 saturated heterocycles. The van der Waals surface area contributed by atoms with E-state index >= 15 is 0 Å². The Labute approximate surface area is 177 Å². The third-order valence-corrected chi connectivity index (χ3v) is 7.04. The molecular weight excluding hydrogens is 402 g/mol. The minimum absolute atomic E-state index is 0.0136. The zero-order valence-electron chi connectivity index (χ0n) is 17.0. The topological polar surface area (TPSA) is 84.5 Å². The molecule has 1 amide bonds. The molecule has 0 aliphatic carbocycles. The average Bonchev–Trinajstić information content (AvgIpc) is 3.06. The largest absolute Gasteiger partial charge is 0.486 e. The van der Waals surface area contributed by atoms with Crippen molar-refractivity contribution in [3.05, 3.63) is 50.4 Å². The molecule has 8 heteroatoms. The van der Waals surface area contributed by atoms with Crippen molar-refractivity contribution >= 4 is 27.5 Å². The van der Waals surface area contributed by atoms with Gasteiger partial charge in [-0.3, -0.25) is 9.59 Å². The number of fused-ring (bicyclic) bond motifs is 2. The molecule has 156 valence electrons. The van der Waals surface area contributed by atoms with Crippen LogP contribution in [-0.4, -0.2) is 47.1 Å². The molecule has 7 nitrogen and oxygen atoms in total. The van der Waals surface area contributed by atoms with Gasteiger partial charge in [-0.25, -0.2) is 4.98 Å². The van der Waals surface area contributed by atoms with Gasteiger partial charge in [0.15, 0.2) is 11.5 Å². The number of ether oxygens (including phenoxy) is 2. The quantitative estimate of drug-likeness (QED) is 0.680. The first-order valence-electron chi connectivity index (χ1n) is 10.2. The SMILES string of the molecule is Cc1sc2nc(C3CCCN(C(=O)c4ccc5c(c4)OCCO5)C3)[nH]c(=O)c2c1C. The first-order chi connectivity index (χ1) is 14.5. The summed E-state index contributed by atoms with van der Waals surface area (Å²) in [4.78, 5) is 37.2. The molecular formula is C22H23N3O4S. The minimum Gasteiger partial charge on any atom is -0.486 e. The Hall–Kier alpha value is -2.87. The van der Waals surface area contributed by atoms with E-state index in [0.29, 0.717) is 54.6 Å². The van der Waals surface area contributed by atoms with Crippen LogP contribution < -0.4 is 15.0 Å². The number of nitrogens with one attached hydrogen (secondary N) is 1. The molecule has 0 saturated carbocycles. The third kappa shape index (κ3) is 3.25. The molecule has 1 N–H and O–H groups in total. The molecule has 1 aromatic carbocycles. The second-order valence-electron chi connectivity index (χ2n) is 7.86. The molecule has 2 aliphatic heterocycles. The van der Waals surface area contributed by atoms with Gasteiger partial charge in [0.1, 0.15) is 23.9 Å². The number of carbonyl (C=O) groups is 1. The standard InChI is InChI=1S/C22H23N3O4S/c1-12-13(2)30-21-18(12)20(26)23-19(24-21)15-4-3-7-25(11-15)22(27)14-5-6-16-17(10-14)29-9-8-28-16/h5-6,10,15H,3-4,7-9,11H2,1-2H3,(H,23,24,26). The van der Waals surface area contributed by atoms with Crippen molar-refractivity contribution in [2.75, 3.05) is 26.3 Å². The number of aromatic nitrogens is 2. The average molecular weight is 426 g/mol. The van der Waals surface area contributed by atoms with Gasteiger partial charge in [0, 0.05) is 29.4 Å². The number of amides is 1. The van der Waals surface area contributed by atoms with E-state index in [1.165, 1.54) is 0 Å². The third-order valence-electron chi connectivity index (χ3n) is 5.94. The maximum atomic E-state index is 13.1. The molecule has 1 fully saturated rings. The number of thiophene rings is 1. The highest BCUT2D eigenvalue weighted by molar-refractivity contribution is 7.18. The van der Waals surface area contributed by atoms with Crippen molar-refractivity contribution in [1.82, 2.24) is 14.9 Å². The van der Waals surface area contributed by atoms with Crippen LogP contribution in [0.15, 0.2) is 23.0 Å². The van der Waals surface area contributed by atoms with E-state index in [2.05, 4.69) is 4.98 Å².